The lowest BCUT2D eigenvalue weighted by Gasteiger charge is -2.45. The van der Waals surface area contributed by atoms with Gasteiger partial charge in [-0.15, -0.1) is 0 Å². The lowest BCUT2D eigenvalue weighted by Crippen LogP contribution is -2.53. The average Bonchev–Trinajstić information content (AvgIpc) is 3.18. The molecule has 1 amide bonds. The van der Waals surface area contributed by atoms with E-state index in [0.717, 1.165) is 31.2 Å². The van der Waals surface area contributed by atoms with Crippen molar-refractivity contribution in [3.8, 4) is 22.8 Å². The van der Waals surface area contributed by atoms with Crippen LogP contribution >= 0.6 is 0 Å². The summed E-state index contributed by atoms with van der Waals surface area (Å²) < 4.78 is 16.8. The molecule has 2 heterocycles. The van der Waals surface area contributed by atoms with Crippen LogP contribution < -0.4 is 20.5 Å². The quantitative estimate of drug-likeness (QED) is 0.845. The van der Waals surface area contributed by atoms with Crippen LogP contribution in [0.2, 0.25) is 0 Å². The summed E-state index contributed by atoms with van der Waals surface area (Å²) in [5, 5.41) is 3.24. The number of amides is 1. The fraction of sp³-hybridized carbons (Fsp3) is 0.524. The van der Waals surface area contributed by atoms with E-state index >= 15 is 0 Å². The second-order valence-electron chi connectivity index (χ2n) is 8.07. The van der Waals surface area contributed by atoms with E-state index in [2.05, 4.69) is 10.3 Å². The van der Waals surface area contributed by atoms with Gasteiger partial charge in [0.05, 0.1) is 0 Å². The van der Waals surface area contributed by atoms with Crippen LogP contribution in [0.25, 0.3) is 11.3 Å². The van der Waals surface area contributed by atoms with Crippen LogP contribution in [0.1, 0.15) is 42.6 Å². The second-order valence-corrected chi connectivity index (χ2v) is 8.07. The maximum atomic E-state index is 13.0. The number of nitrogens with one attached hydrogen (secondary N) is 1. The van der Waals surface area contributed by atoms with Crippen LogP contribution in [-0.2, 0) is 0 Å². The van der Waals surface area contributed by atoms with E-state index in [1.807, 2.05) is 18.2 Å². The van der Waals surface area contributed by atoms with Gasteiger partial charge in [-0.1, -0.05) is 6.42 Å². The first-order chi connectivity index (χ1) is 13.7. The molecule has 2 bridgehead atoms. The number of rotatable bonds is 3. The van der Waals surface area contributed by atoms with E-state index in [4.69, 9.17) is 19.6 Å². The van der Waals surface area contributed by atoms with Gasteiger partial charge in [-0.3, -0.25) is 4.79 Å². The van der Waals surface area contributed by atoms with E-state index in [-0.39, 0.29) is 18.0 Å². The molecule has 5 rings (SSSR count). The van der Waals surface area contributed by atoms with Crippen molar-refractivity contribution in [1.82, 2.24) is 10.3 Å². The van der Waals surface area contributed by atoms with Gasteiger partial charge in [0.25, 0.3) is 5.91 Å². The third-order valence-electron chi connectivity index (χ3n) is 6.26. The number of hydrogen-bond acceptors (Lipinski definition) is 6. The van der Waals surface area contributed by atoms with E-state index in [9.17, 15) is 4.79 Å². The van der Waals surface area contributed by atoms with Crippen LogP contribution in [0, 0.1) is 11.8 Å². The van der Waals surface area contributed by atoms with E-state index < -0.39 is 0 Å². The number of hydrogen-bond donors (Lipinski definition) is 2. The molecule has 0 radical (unpaired) electrons. The minimum absolute atomic E-state index is 0.172. The molecule has 0 saturated heterocycles. The molecular formula is C21H25N3O4. The summed E-state index contributed by atoms with van der Waals surface area (Å²) >= 11 is 0. The van der Waals surface area contributed by atoms with Gasteiger partial charge in [0.1, 0.15) is 13.2 Å². The van der Waals surface area contributed by atoms with E-state index in [0.29, 0.717) is 48.0 Å². The number of oxazole rings is 1. The fourth-order valence-corrected chi connectivity index (χ4v) is 5.04. The predicted molar refractivity (Wildman–Crippen MR) is 102 cm³/mol. The Bertz CT molecular complexity index is 866. The summed E-state index contributed by atoms with van der Waals surface area (Å²) in [5.74, 6) is 2.53. The second kappa shape index (κ2) is 7.13. The highest BCUT2D eigenvalue weighted by Crippen LogP contribution is 2.40. The number of ether oxygens (including phenoxy) is 2. The molecule has 0 spiro atoms. The van der Waals surface area contributed by atoms with Crippen molar-refractivity contribution in [2.24, 2.45) is 17.6 Å². The number of aromatic nitrogens is 1. The van der Waals surface area contributed by atoms with Gasteiger partial charge in [-0.2, -0.15) is 0 Å². The molecule has 28 heavy (non-hydrogen) atoms. The highest BCUT2D eigenvalue weighted by molar-refractivity contribution is 5.98. The molecule has 2 fully saturated rings. The summed E-state index contributed by atoms with van der Waals surface area (Å²) in [7, 11) is 0. The Morgan fingerprint density at radius 3 is 2.64 bits per heavy atom. The third-order valence-corrected chi connectivity index (χ3v) is 6.26. The molecule has 2 unspecified atom stereocenters. The maximum Gasteiger partial charge on any atom is 0.274 e. The van der Waals surface area contributed by atoms with E-state index in [1.165, 1.54) is 12.8 Å². The summed E-state index contributed by atoms with van der Waals surface area (Å²) in [6, 6.07) is 5.95. The number of benzene rings is 1. The topological polar surface area (TPSA) is 99.6 Å². The van der Waals surface area contributed by atoms with Gasteiger partial charge >= 0.3 is 0 Å². The largest absolute Gasteiger partial charge is 0.486 e. The summed E-state index contributed by atoms with van der Waals surface area (Å²) in [6.07, 6.45) is 6.76. The number of nitrogens with zero attached hydrogens (tertiary/aromatic N) is 1. The van der Waals surface area contributed by atoms with Gasteiger partial charge in [0.15, 0.2) is 29.3 Å². The van der Waals surface area contributed by atoms with Crippen LogP contribution in [0.3, 0.4) is 0 Å². The van der Waals surface area contributed by atoms with Crippen LogP contribution in [-0.4, -0.2) is 36.2 Å². The Morgan fingerprint density at radius 1 is 1.11 bits per heavy atom. The molecule has 1 aromatic carbocycles. The van der Waals surface area contributed by atoms with Crippen molar-refractivity contribution in [3.05, 3.63) is 30.3 Å². The molecule has 3 N–H and O–H groups in total. The zero-order valence-electron chi connectivity index (χ0n) is 15.7. The molecule has 1 aromatic heterocycles. The number of nitrogens with two attached hydrogens (primary N) is 1. The monoisotopic (exact) mass is 383 g/mol. The molecule has 148 valence electrons. The SMILES string of the molecule is NC1CC2CCCC(C1)C2NC(=O)c1ncoc1-c1ccc2c(c1)OCCO2. The Hall–Kier alpha value is -2.54. The lowest BCUT2D eigenvalue weighted by molar-refractivity contribution is 0.0752. The molecular weight excluding hydrogens is 358 g/mol. The zero-order valence-corrected chi connectivity index (χ0v) is 15.7. The third kappa shape index (κ3) is 3.13. The van der Waals surface area contributed by atoms with Gasteiger partial charge in [0.2, 0.25) is 0 Å². The molecule has 2 aliphatic carbocycles. The zero-order chi connectivity index (χ0) is 19.1. The van der Waals surface area contributed by atoms with Gasteiger partial charge < -0.3 is 24.9 Å². The first-order valence-electron chi connectivity index (χ1n) is 10.1. The highest BCUT2D eigenvalue weighted by Gasteiger charge is 2.40. The Morgan fingerprint density at radius 2 is 1.86 bits per heavy atom. The first-order valence-corrected chi connectivity index (χ1v) is 10.1. The van der Waals surface area contributed by atoms with Crippen LogP contribution in [0.5, 0.6) is 11.5 Å². The van der Waals surface area contributed by atoms with Gasteiger partial charge in [-0.05, 0) is 55.7 Å². The van der Waals surface area contributed by atoms with Crippen molar-refractivity contribution < 1.29 is 18.7 Å². The van der Waals surface area contributed by atoms with Crippen LogP contribution in [0.4, 0.5) is 0 Å². The first kappa shape index (κ1) is 17.6. The predicted octanol–water partition coefficient (Wildman–Crippen LogP) is 2.75. The van der Waals surface area contributed by atoms with Gasteiger partial charge in [-0.25, -0.2) is 4.98 Å². The van der Waals surface area contributed by atoms with Crippen molar-refractivity contribution >= 4 is 5.91 Å². The lowest BCUT2D eigenvalue weighted by atomic mass is 9.67. The molecule has 7 nitrogen and oxygen atoms in total. The number of fused-ring (bicyclic) bond motifs is 3. The molecule has 2 saturated carbocycles. The molecule has 1 aliphatic heterocycles. The number of carbonyl (C=O) groups excluding carboxylic acids is 1. The normalized spacial score (nSPS) is 28.6. The Kier molecular flexibility index (Phi) is 4.47. The van der Waals surface area contributed by atoms with Crippen molar-refractivity contribution in [2.45, 2.75) is 44.2 Å². The molecule has 7 heteroatoms. The maximum absolute atomic E-state index is 13.0. The van der Waals surface area contributed by atoms with Crippen molar-refractivity contribution in [1.29, 1.82) is 0 Å². The van der Waals surface area contributed by atoms with Crippen molar-refractivity contribution in [2.75, 3.05) is 13.2 Å². The van der Waals surface area contributed by atoms with E-state index in [1.54, 1.807) is 0 Å². The highest BCUT2D eigenvalue weighted by atomic mass is 16.6. The molecule has 3 aliphatic rings. The summed E-state index contributed by atoms with van der Waals surface area (Å²) in [5.41, 5.74) is 7.26. The van der Waals surface area contributed by atoms with Crippen LogP contribution in [0.15, 0.2) is 29.0 Å². The standard InChI is InChI=1S/C21H25N3O4/c22-15-8-12-2-1-3-13(9-15)18(12)24-21(25)19-20(28-11-23-19)14-4-5-16-17(10-14)27-7-6-26-16/h4-5,10-13,15,18H,1-3,6-9,22H2,(H,24,25). The Labute approximate surface area is 163 Å². The van der Waals surface area contributed by atoms with Gasteiger partial charge in [0, 0.05) is 17.6 Å². The summed E-state index contributed by atoms with van der Waals surface area (Å²) in [6.45, 7) is 1.04. The minimum Gasteiger partial charge on any atom is -0.486 e. The summed E-state index contributed by atoms with van der Waals surface area (Å²) in [4.78, 5) is 17.3. The number of carbonyl (C=O) groups is 1. The average molecular weight is 383 g/mol. The fourth-order valence-electron chi connectivity index (χ4n) is 5.04. The molecule has 2 aromatic rings. The minimum atomic E-state index is -0.184. The smallest absolute Gasteiger partial charge is 0.274 e. The molecule has 2 atom stereocenters. The Balaban J connectivity index is 1.38. The van der Waals surface area contributed by atoms with Crippen molar-refractivity contribution in [3.63, 3.8) is 0 Å².